The molecule has 2 N–H and O–H groups in total. The summed E-state index contributed by atoms with van der Waals surface area (Å²) in [6.07, 6.45) is 1.75. The highest BCUT2D eigenvalue weighted by molar-refractivity contribution is 5.96. The van der Waals surface area contributed by atoms with Crippen molar-refractivity contribution >= 4 is 11.7 Å². The minimum Gasteiger partial charge on any atom is -0.507 e. The molecule has 3 rings (SSSR count). The van der Waals surface area contributed by atoms with E-state index in [1.807, 2.05) is 19.1 Å². The molecule has 1 aromatic carbocycles. The Labute approximate surface area is 141 Å². The number of hydrogen-bond acceptors (Lipinski definition) is 5. The fourth-order valence-corrected chi connectivity index (χ4v) is 2.65. The van der Waals surface area contributed by atoms with Crippen LogP contribution >= 0.6 is 0 Å². The molecule has 2 heterocycles. The van der Waals surface area contributed by atoms with E-state index >= 15 is 0 Å². The number of aromatic hydroxyl groups is 1. The highest BCUT2D eigenvalue weighted by Gasteiger charge is 2.14. The second kappa shape index (κ2) is 7.31. The summed E-state index contributed by atoms with van der Waals surface area (Å²) in [6, 6.07) is 8.83. The highest BCUT2D eigenvalue weighted by atomic mass is 16.5. The Balaban J connectivity index is 1.66. The number of rotatable bonds is 4. The van der Waals surface area contributed by atoms with Gasteiger partial charge in [0.2, 0.25) is 0 Å². The first-order valence-electron chi connectivity index (χ1n) is 7.99. The summed E-state index contributed by atoms with van der Waals surface area (Å²) in [5, 5.41) is 12.7. The highest BCUT2D eigenvalue weighted by Crippen LogP contribution is 2.18. The third kappa shape index (κ3) is 3.83. The number of aromatic nitrogens is 1. The molecule has 6 nitrogen and oxygen atoms in total. The standard InChI is InChI=1S/C18H21N3O3/c1-13-2-3-16(22)15(10-13)18(23)20-12-14-4-5-19-17(11-14)21-6-8-24-9-7-21/h2-5,10-11,22H,6-9,12H2,1H3,(H,20,23). The van der Waals surface area contributed by atoms with E-state index in [2.05, 4.69) is 15.2 Å². The van der Waals surface area contributed by atoms with Gasteiger partial charge in [0.1, 0.15) is 11.6 Å². The van der Waals surface area contributed by atoms with E-state index in [1.165, 1.54) is 6.07 Å². The van der Waals surface area contributed by atoms with Crippen LogP contribution in [0.15, 0.2) is 36.5 Å². The molecule has 0 atom stereocenters. The zero-order valence-corrected chi connectivity index (χ0v) is 13.7. The van der Waals surface area contributed by atoms with Gasteiger partial charge in [0, 0.05) is 25.8 Å². The zero-order valence-electron chi connectivity index (χ0n) is 13.7. The number of carbonyl (C=O) groups excluding carboxylic acids is 1. The van der Waals surface area contributed by atoms with E-state index < -0.39 is 0 Å². The van der Waals surface area contributed by atoms with Crippen molar-refractivity contribution in [2.75, 3.05) is 31.2 Å². The number of benzene rings is 1. The van der Waals surface area contributed by atoms with Crippen molar-refractivity contribution in [3.8, 4) is 5.75 Å². The van der Waals surface area contributed by atoms with Gasteiger partial charge >= 0.3 is 0 Å². The maximum Gasteiger partial charge on any atom is 0.255 e. The summed E-state index contributed by atoms with van der Waals surface area (Å²) in [7, 11) is 0. The summed E-state index contributed by atoms with van der Waals surface area (Å²) in [4.78, 5) is 18.8. The van der Waals surface area contributed by atoms with Gasteiger partial charge in [-0.1, -0.05) is 11.6 Å². The minimum absolute atomic E-state index is 0.0122. The maximum absolute atomic E-state index is 12.3. The summed E-state index contributed by atoms with van der Waals surface area (Å²) in [5.41, 5.74) is 2.18. The van der Waals surface area contributed by atoms with Crippen LogP contribution in [0.2, 0.25) is 0 Å². The van der Waals surface area contributed by atoms with E-state index in [0.717, 1.165) is 30.0 Å². The van der Waals surface area contributed by atoms with Gasteiger partial charge < -0.3 is 20.1 Å². The lowest BCUT2D eigenvalue weighted by Crippen LogP contribution is -2.36. The van der Waals surface area contributed by atoms with Crippen LogP contribution in [0, 0.1) is 6.92 Å². The summed E-state index contributed by atoms with van der Waals surface area (Å²) < 4.78 is 5.35. The van der Waals surface area contributed by atoms with Crippen LogP contribution in [0.25, 0.3) is 0 Å². The van der Waals surface area contributed by atoms with Gasteiger partial charge in [-0.3, -0.25) is 4.79 Å². The van der Waals surface area contributed by atoms with Gasteiger partial charge in [-0.2, -0.15) is 0 Å². The van der Waals surface area contributed by atoms with Crippen LogP contribution in [0.1, 0.15) is 21.5 Å². The first kappa shape index (κ1) is 16.3. The molecule has 1 aromatic heterocycles. The van der Waals surface area contributed by atoms with E-state index in [-0.39, 0.29) is 17.2 Å². The number of morpholine rings is 1. The third-order valence-corrected chi connectivity index (χ3v) is 3.99. The van der Waals surface area contributed by atoms with E-state index in [0.29, 0.717) is 19.8 Å². The Kier molecular flexibility index (Phi) is 4.96. The van der Waals surface area contributed by atoms with Crippen molar-refractivity contribution in [1.82, 2.24) is 10.3 Å². The van der Waals surface area contributed by atoms with E-state index in [9.17, 15) is 9.90 Å². The third-order valence-electron chi connectivity index (χ3n) is 3.99. The molecule has 1 aliphatic heterocycles. The Morgan fingerprint density at radius 3 is 2.88 bits per heavy atom. The number of nitrogens with one attached hydrogen (secondary N) is 1. The fraction of sp³-hybridized carbons (Fsp3) is 0.333. The van der Waals surface area contributed by atoms with Crippen LogP contribution in [0.5, 0.6) is 5.75 Å². The molecule has 1 amide bonds. The van der Waals surface area contributed by atoms with Gasteiger partial charge in [0.25, 0.3) is 5.91 Å². The number of pyridine rings is 1. The van der Waals surface area contributed by atoms with Crippen LogP contribution in [0.4, 0.5) is 5.82 Å². The Hall–Kier alpha value is -2.60. The van der Waals surface area contributed by atoms with E-state index in [4.69, 9.17) is 4.74 Å². The fourth-order valence-electron chi connectivity index (χ4n) is 2.65. The van der Waals surface area contributed by atoms with Crippen molar-refractivity contribution in [3.63, 3.8) is 0 Å². The Morgan fingerprint density at radius 2 is 2.08 bits per heavy atom. The summed E-state index contributed by atoms with van der Waals surface area (Å²) >= 11 is 0. The molecule has 2 aromatic rings. The SMILES string of the molecule is Cc1ccc(O)c(C(=O)NCc2ccnc(N3CCOCC3)c2)c1. The Morgan fingerprint density at radius 1 is 1.29 bits per heavy atom. The number of nitrogens with zero attached hydrogens (tertiary/aromatic N) is 2. The molecular weight excluding hydrogens is 306 g/mol. The molecule has 0 bridgehead atoms. The lowest BCUT2D eigenvalue weighted by molar-refractivity contribution is 0.0948. The van der Waals surface area contributed by atoms with Crippen molar-refractivity contribution in [3.05, 3.63) is 53.2 Å². The summed E-state index contributed by atoms with van der Waals surface area (Å²) in [5.74, 6) is 0.589. The van der Waals surface area contributed by atoms with Crippen LogP contribution in [-0.2, 0) is 11.3 Å². The molecule has 1 fully saturated rings. The quantitative estimate of drug-likeness (QED) is 0.896. The van der Waals surface area contributed by atoms with Gasteiger partial charge in [0.15, 0.2) is 0 Å². The van der Waals surface area contributed by atoms with E-state index in [1.54, 1.807) is 18.3 Å². The normalized spacial score (nSPS) is 14.5. The minimum atomic E-state index is -0.291. The molecular formula is C18H21N3O3. The largest absolute Gasteiger partial charge is 0.507 e. The second-order valence-corrected chi connectivity index (χ2v) is 5.82. The number of anilines is 1. The Bertz CT molecular complexity index is 727. The molecule has 1 aliphatic rings. The first-order valence-corrected chi connectivity index (χ1v) is 7.99. The van der Waals surface area contributed by atoms with Gasteiger partial charge in [-0.05, 0) is 36.8 Å². The molecule has 24 heavy (non-hydrogen) atoms. The molecule has 0 saturated carbocycles. The number of phenols is 1. The average Bonchev–Trinajstić information content (AvgIpc) is 2.63. The lowest BCUT2D eigenvalue weighted by atomic mass is 10.1. The number of amides is 1. The van der Waals surface area contributed by atoms with Gasteiger partial charge in [0.05, 0.1) is 18.8 Å². The van der Waals surface area contributed by atoms with Crippen molar-refractivity contribution in [2.45, 2.75) is 13.5 Å². The predicted octanol–water partition coefficient (Wildman–Crippen LogP) is 1.86. The number of ether oxygens (including phenoxy) is 1. The number of hydrogen-bond donors (Lipinski definition) is 2. The molecule has 6 heteroatoms. The first-order chi connectivity index (χ1) is 11.6. The van der Waals surface area contributed by atoms with Crippen molar-refractivity contribution in [2.24, 2.45) is 0 Å². The topological polar surface area (TPSA) is 74.7 Å². The smallest absolute Gasteiger partial charge is 0.255 e. The van der Waals surface area contributed by atoms with Crippen LogP contribution < -0.4 is 10.2 Å². The molecule has 126 valence electrons. The maximum atomic E-state index is 12.3. The monoisotopic (exact) mass is 327 g/mol. The van der Waals surface area contributed by atoms with Crippen LogP contribution in [0.3, 0.4) is 0 Å². The average molecular weight is 327 g/mol. The van der Waals surface area contributed by atoms with Crippen molar-refractivity contribution < 1.29 is 14.6 Å². The lowest BCUT2D eigenvalue weighted by Gasteiger charge is -2.28. The number of phenolic OH excluding ortho intramolecular Hbond substituents is 1. The predicted molar refractivity (Wildman–Crippen MR) is 91.3 cm³/mol. The molecule has 0 radical (unpaired) electrons. The number of carbonyl (C=O) groups is 1. The van der Waals surface area contributed by atoms with Gasteiger partial charge in [-0.25, -0.2) is 4.98 Å². The molecule has 1 saturated heterocycles. The summed E-state index contributed by atoms with van der Waals surface area (Å²) in [6.45, 7) is 5.31. The molecule has 0 aliphatic carbocycles. The molecule has 0 unspecified atom stereocenters. The van der Waals surface area contributed by atoms with Crippen molar-refractivity contribution in [1.29, 1.82) is 0 Å². The van der Waals surface area contributed by atoms with Gasteiger partial charge in [-0.15, -0.1) is 0 Å². The van der Waals surface area contributed by atoms with Crippen LogP contribution in [-0.4, -0.2) is 42.3 Å². The zero-order chi connectivity index (χ0) is 16.9. The second-order valence-electron chi connectivity index (χ2n) is 5.82. The number of aryl methyl sites for hydroxylation is 1. The molecule has 0 spiro atoms.